The molecule has 29 heavy (non-hydrogen) atoms. The summed E-state index contributed by atoms with van der Waals surface area (Å²) in [4.78, 5) is 27.9. The third-order valence-corrected chi connectivity index (χ3v) is 4.02. The first-order valence-corrected chi connectivity index (χ1v) is 8.31. The maximum atomic E-state index is 13.2. The smallest absolute Gasteiger partial charge is 0.416 e. The van der Waals surface area contributed by atoms with Crippen LogP contribution in [0.25, 0.3) is 0 Å². The Morgan fingerprint density at radius 2 is 1.86 bits per heavy atom. The third kappa shape index (κ3) is 4.60. The Bertz CT molecular complexity index is 1050. The molecule has 1 amide bonds. The highest BCUT2D eigenvalue weighted by Gasteiger charge is 2.33. The van der Waals surface area contributed by atoms with Crippen LogP contribution in [0.5, 0.6) is 0 Å². The number of amides is 1. The number of benzene rings is 1. The Morgan fingerprint density at radius 3 is 2.59 bits per heavy atom. The van der Waals surface area contributed by atoms with E-state index >= 15 is 0 Å². The van der Waals surface area contributed by atoms with Crippen LogP contribution in [-0.2, 0) is 17.5 Å². The Morgan fingerprint density at radius 1 is 1.14 bits per heavy atom. The highest BCUT2D eigenvalue weighted by molar-refractivity contribution is 6.05. The number of alkyl halides is 3. The third-order valence-electron chi connectivity index (χ3n) is 4.02. The second-order valence-electron chi connectivity index (χ2n) is 5.94. The van der Waals surface area contributed by atoms with E-state index in [1.54, 1.807) is 0 Å². The SMILES string of the molecule is COC(=O)c1cncc(C(=O)Nc2ccnn2Cc2ccccc2C(F)(F)F)c1. The van der Waals surface area contributed by atoms with Gasteiger partial charge in [-0.25, -0.2) is 9.48 Å². The number of hydrogen-bond acceptors (Lipinski definition) is 5. The second-order valence-corrected chi connectivity index (χ2v) is 5.94. The highest BCUT2D eigenvalue weighted by Crippen LogP contribution is 2.32. The number of nitrogens with zero attached hydrogens (tertiary/aromatic N) is 3. The van der Waals surface area contributed by atoms with Crippen molar-refractivity contribution in [1.82, 2.24) is 14.8 Å². The summed E-state index contributed by atoms with van der Waals surface area (Å²) < 4.78 is 45.4. The van der Waals surface area contributed by atoms with Crippen molar-refractivity contribution in [3.8, 4) is 0 Å². The first kappa shape index (κ1) is 20.1. The average Bonchev–Trinajstić information content (AvgIpc) is 3.13. The number of anilines is 1. The summed E-state index contributed by atoms with van der Waals surface area (Å²) in [6, 6.07) is 7.89. The van der Waals surface area contributed by atoms with E-state index in [9.17, 15) is 22.8 Å². The van der Waals surface area contributed by atoms with Gasteiger partial charge in [-0.15, -0.1) is 0 Å². The molecule has 7 nitrogen and oxygen atoms in total. The van der Waals surface area contributed by atoms with Gasteiger partial charge >= 0.3 is 12.1 Å². The molecule has 2 aromatic heterocycles. The van der Waals surface area contributed by atoms with Crippen LogP contribution >= 0.6 is 0 Å². The zero-order chi connectivity index (χ0) is 21.0. The van der Waals surface area contributed by atoms with Crippen molar-refractivity contribution in [2.75, 3.05) is 12.4 Å². The number of pyridine rings is 1. The van der Waals surface area contributed by atoms with Gasteiger partial charge in [-0.2, -0.15) is 18.3 Å². The molecule has 0 atom stereocenters. The molecule has 0 fully saturated rings. The molecule has 0 radical (unpaired) electrons. The lowest BCUT2D eigenvalue weighted by atomic mass is 10.1. The van der Waals surface area contributed by atoms with Gasteiger partial charge in [0.1, 0.15) is 5.82 Å². The zero-order valence-corrected chi connectivity index (χ0v) is 15.1. The maximum absolute atomic E-state index is 13.2. The van der Waals surface area contributed by atoms with Crippen molar-refractivity contribution in [3.05, 3.63) is 77.2 Å². The Labute approximate surface area is 163 Å². The van der Waals surface area contributed by atoms with Gasteiger partial charge in [0.05, 0.1) is 36.5 Å². The van der Waals surface area contributed by atoms with Crippen LogP contribution < -0.4 is 5.32 Å². The number of ether oxygens (including phenoxy) is 1. The normalized spacial score (nSPS) is 11.2. The molecule has 0 aliphatic heterocycles. The number of carbonyl (C=O) groups excluding carboxylic acids is 2. The average molecular weight is 404 g/mol. The van der Waals surface area contributed by atoms with Crippen molar-refractivity contribution in [3.63, 3.8) is 0 Å². The van der Waals surface area contributed by atoms with Gasteiger partial charge in [-0.3, -0.25) is 9.78 Å². The minimum absolute atomic E-state index is 0.00792. The van der Waals surface area contributed by atoms with Gasteiger partial charge in [-0.05, 0) is 17.7 Å². The predicted octanol–water partition coefficient (Wildman–Crippen LogP) is 3.38. The summed E-state index contributed by atoms with van der Waals surface area (Å²) >= 11 is 0. The van der Waals surface area contributed by atoms with Gasteiger partial charge in [0.15, 0.2) is 0 Å². The van der Waals surface area contributed by atoms with E-state index in [1.165, 1.54) is 60.7 Å². The quantitative estimate of drug-likeness (QED) is 0.659. The molecular weight excluding hydrogens is 389 g/mol. The van der Waals surface area contributed by atoms with Crippen LogP contribution in [0, 0.1) is 0 Å². The van der Waals surface area contributed by atoms with E-state index in [-0.39, 0.29) is 29.1 Å². The van der Waals surface area contributed by atoms with E-state index in [1.807, 2.05) is 0 Å². The lowest BCUT2D eigenvalue weighted by Crippen LogP contribution is -2.18. The molecule has 3 aromatic rings. The van der Waals surface area contributed by atoms with E-state index < -0.39 is 23.6 Å². The number of rotatable bonds is 5. The number of aromatic nitrogens is 3. The molecular formula is C19H15F3N4O3. The van der Waals surface area contributed by atoms with E-state index in [2.05, 4.69) is 20.1 Å². The molecule has 0 aliphatic carbocycles. The second kappa shape index (κ2) is 8.13. The van der Waals surface area contributed by atoms with Gasteiger partial charge in [0.2, 0.25) is 0 Å². The summed E-state index contributed by atoms with van der Waals surface area (Å²) in [6.07, 6.45) is -0.648. The summed E-state index contributed by atoms with van der Waals surface area (Å²) in [5.41, 5.74) is -0.597. The zero-order valence-electron chi connectivity index (χ0n) is 15.1. The molecule has 0 saturated heterocycles. The van der Waals surface area contributed by atoms with Crippen molar-refractivity contribution >= 4 is 17.7 Å². The Balaban J connectivity index is 1.82. The number of methoxy groups -OCH3 is 1. The molecule has 3 rings (SSSR count). The highest BCUT2D eigenvalue weighted by atomic mass is 19.4. The van der Waals surface area contributed by atoms with Gasteiger partial charge in [0, 0.05) is 18.5 Å². The predicted molar refractivity (Wildman–Crippen MR) is 96.3 cm³/mol. The van der Waals surface area contributed by atoms with Crippen LogP contribution in [0.2, 0.25) is 0 Å². The van der Waals surface area contributed by atoms with Crippen LogP contribution in [0.4, 0.5) is 19.0 Å². The number of carbonyl (C=O) groups is 2. The molecule has 2 heterocycles. The minimum atomic E-state index is -4.51. The first-order chi connectivity index (χ1) is 13.8. The largest absolute Gasteiger partial charge is 0.465 e. The van der Waals surface area contributed by atoms with Crippen LogP contribution in [0.15, 0.2) is 55.0 Å². The summed E-state index contributed by atoms with van der Waals surface area (Å²) in [7, 11) is 1.20. The maximum Gasteiger partial charge on any atom is 0.416 e. The summed E-state index contributed by atoms with van der Waals surface area (Å²) in [5, 5.41) is 6.54. The van der Waals surface area contributed by atoms with Gasteiger partial charge in [-0.1, -0.05) is 18.2 Å². The lowest BCUT2D eigenvalue weighted by Gasteiger charge is -2.14. The van der Waals surface area contributed by atoms with Gasteiger partial charge in [0.25, 0.3) is 5.91 Å². The number of hydrogen-bond donors (Lipinski definition) is 1. The monoisotopic (exact) mass is 404 g/mol. The summed E-state index contributed by atoms with van der Waals surface area (Å²) in [6.45, 7) is -0.196. The van der Waals surface area contributed by atoms with E-state index in [0.717, 1.165) is 6.07 Å². The molecule has 1 N–H and O–H groups in total. The molecule has 150 valence electrons. The van der Waals surface area contributed by atoms with Crippen molar-refractivity contribution < 1.29 is 27.5 Å². The van der Waals surface area contributed by atoms with Crippen LogP contribution in [0.3, 0.4) is 0 Å². The van der Waals surface area contributed by atoms with Crippen molar-refractivity contribution in [2.24, 2.45) is 0 Å². The molecule has 0 aliphatic rings. The molecule has 0 spiro atoms. The molecule has 10 heteroatoms. The Hall–Kier alpha value is -3.69. The first-order valence-electron chi connectivity index (χ1n) is 8.31. The molecule has 0 bridgehead atoms. The van der Waals surface area contributed by atoms with Crippen LogP contribution in [0.1, 0.15) is 31.8 Å². The van der Waals surface area contributed by atoms with E-state index in [4.69, 9.17) is 0 Å². The number of halogens is 3. The number of nitrogens with one attached hydrogen (secondary N) is 1. The van der Waals surface area contributed by atoms with Crippen molar-refractivity contribution in [1.29, 1.82) is 0 Å². The number of esters is 1. The summed E-state index contributed by atoms with van der Waals surface area (Å²) in [5.74, 6) is -1.06. The van der Waals surface area contributed by atoms with Crippen molar-refractivity contribution in [2.45, 2.75) is 12.7 Å². The Kier molecular flexibility index (Phi) is 5.62. The molecule has 1 aromatic carbocycles. The van der Waals surface area contributed by atoms with Gasteiger partial charge < -0.3 is 10.1 Å². The minimum Gasteiger partial charge on any atom is -0.465 e. The fourth-order valence-electron chi connectivity index (χ4n) is 2.64. The topological polar surface area (TPSA) is 86.1 Å². The van der Waals surface area contributed by atoms with E-state index in [0.29, 0.717) is 0 Å². The van der Waals surface area contributed by atoms with Crippen LogP contribution in [-0.4, -0.2) is 33.8 Å². The lowest BCUT2D eigenvalue weighted by molar-refractivity contribution is -0.138. The molecule has 0 unspecified atom stereocenters. The fourth-order valence-corrected chi connectivity index (χ4v) is 2.64. The molecule has 0 saturated carbocycles. The fraction of sp³-hybridized carbons (Fsp3) is 0.158. The standard InChI is InChI=1S/C19H15F3N4O3/c1-29-18(28)14-8-13(9-23-10-14)17(27)25-16-6-7-24-26(16)11-12-4-2-3-5-15(12)19(20,21)22/h2-10H,11H2,1H3,(H,25,27).